The number of fused-ring (bicyclic) bond motifs is 2. The fourth-order valence-electron chi connectivity index (χ4n) is 3.63. The van der Waals surface area contributed by atoms with Crippen LogP contribution in [0.4, 0.5) is 5.95 Å². The standard InChI is InChI=1S/C19H18N6S/c1-12-16(25-7-8-26-19(25)21-12)11-24-9-14-15(10-24)22-18(20)23-17(14)13-5-3-2-4-6-13/h2-8H,9-11H2,1H3,(H2,20,22,23). The Morgan fingerprint density at radius 1 is 1.12 bits per heavy atom. The van der Waals surface area contributed by atoms with E-state index in [1.807, 2.05) is 18.2 Å². The molecule has 6 nitrogen and oxygen atoms in total. The minimum Gasteiger partial charge on any atom is -0.368 e. The lowest BCUT2D eigenvalue weighted by atomic mass is 10.1. The molecule has 5 rings (SSSR count). The maximum Gasteiger partial charge on any atom is 0.220 e. The summed E-state index contributed by atoms with van der Waals surface area (Å²) in [6, 6.07) is 10.2. The largest absolute Gasteiger partial charge is 0.368 e. The van der Waals surface area contributed by atoms with Gasteiger partial charge in [-0.2, -0.15) is 0 Å². The van der Waals surface area contributed by atoms with Crippen molar-refractivity contribution in [2.24, 2.45) is 0 Å². The molecule has 1 aliphatic heterocycles. The van der Waals surface area contributed by atoms with Gasteiger partial charge in [0.25, 0.3) is 0 Å². The lowest BCUT2D eigenvalue weighted by Crippen LogP contribution is -2.17. The number of anilines is 1. The zero-order valence-corrected chi connectivity index (χ0v) is 15.2. The molecule has 0 spiro atoms. The lowest BCUT2D eigenvalue weighted by molar-refractivity contribution is 0.269. The van der Waals surface area contributed by atoms with Gasteiger partial charge >= 0.3 is 0 Å². The summed E-state index contributed by atoms with van der Waals surface area (Å²) in [5.74, 6) is 0.338. The number of nitrogens with two attached hydrogens (primary N) is 1. The van der Waals surface area contributed by atoms with Gasteiger partial charge in [0, 0.05) is 42.3 Å². The van der Waals surface area contributed by atoms with E-state index in [1.165, 1.54) is 11.3 Å². The molecule has 26 heavy (non-hydrogen) atoms. The van der Waals surface area contributed by atoms with E-state index in [1.54, 1.807) is 11.3 Å². The second kappa shape index (κ2) is 5.89. The number of hydrogen-bond donors (Lipinski definition) is 1. The number of rotatable bonds is 3. The second-order valence-corrected chi connectivity index (χ2v) is 7.44. The van der Waals surface area contributed by atoms with Crippen LogP contribution >= 0.6 is 11.3 Å². The summed E-state index contributed by atoms with van der Waals surface area (Å²) in [7, 11) is 0. The third-order valence-electron chi connectivity index (χ3n) is 4.85. The molecule has 0 radical (unpaired) electrons. The first kappa shape index (κ1) is 15.5. The van der Waals surface area contributed by atoms with Crippen molar-refractivity contribution in [2.75, 3.05) is 5.73 Å². The van der Waals surface area contributed by atoms with Crippen LogP contribution in [0.5, 0.6) is 0 Å². The van der Waals surface area contributed by atoms with Crippen molar-refractivity contribution in [2.45, 2.75) is 26.6 Å². The Balaban J connectivity index is 1.50. The fraction of sp³-hybridized carbons (Fsp3) is 0.211. The average Bonchev–Trinajstić information content (AvgIpc) is 3.31. The first-order valence-corrected chi connectivity index (χ1v) is 9.41. The van der Waals surface area contributed by atoms with Crippen molar-refractivity contribution in [3.63, 3.8) is 0 Å². The Hall–Kier alpha value is -2.77. The van der Waals surface area contributed by atoms with Gasteiger partial charge in [-0.3, -0.25) is 9.30 Å². The van der Waals surface area contributed by atoms with Crippen LogP contribution in [-0.4, -0.2) is 24.3 Å². The van der Waals surface area contributed by atoms with Crippen LogP contribution in [0.25, 0.3) is 16.2 Å². The molecule has 0 bridgehead atoms. The van der Waals surface area contributed by atoms with Gasteiger partial charge in [-0.25, -0.2) is 15.0 Å². The van der Waals surface area contributed by atoms with E-state index in [2.05, 4.69) is 54.9 Å². The first-order valence-electron chi connectivity index (χ1n) is 8.53. The summed E-state index contributed by atoms with van der Waals surface area (Å²) in [5.41, 5.74) is 12.5. The summed E-state index contributed by atoms with van der Waals surface area (Å²) in [4.78, 5) is 17.1. The Kier molecular flexibility index (Phi) is 3.51. The van der Waals surface area contributed by atoms with Gasteiger partial charge in [0.1, 0.15) is 0 Å². The zero-order chi connectivity index (χ0) is 17.7. The highest BCUT2D eigenvalue weighted by Crippen LogP contribution is 2.32. The van der Waals surface area contributed by atoms with E-state index in [0.29, 0.717) is 5.95 Å². The summed E-state index contributed by atoms with van der Waals surface area (Å²) >= 11 is 1.66. The maximum absolute atomic E-state index is 5.98. The monoisotopic (exact) mass is 362 g/mol. The number of nitrogen functional groups attached to an aromatic ring is 1. The van der Waals surface area contributed by atoms with Gasteiger partial charge in [-0.1, -0.05) is 30.3 Å². The molecular formula is C19H18N6S. The molecular weight excluding hydrogens is 344 g/mol. The molecule has 0 aliphatic carbocycles. The minimum atomic E-state index is 0.338. The third kappa shape index (κ3) is 2.48. The van der Waals surface area contributed by atoms with Crippen LogP contribution in [-0.2, 0) is 19.6 Å². The van der Waals surface area contributed by atoms with Crippen molar-refractivity contribution >= 4 is 22.2 Å². The summed E-state index contributed by atoms with van der Waals surface area (Å²) in [6.07, 6.45) is 2.09. The number of aromatic nitrogens is 4. The van der Waals surface area contributed by atoms with Crippen LogP contribution in [0.3, 0.4) is 0 Å². The predicted molar refractivity (Wildman–Crippen MR) is 103 cm³/mol. The van der Waals surface area contributed by atoms with Crippen molar-refractivity contribution in [3.8, 4) is 11.3 Å². The number of thiazole rings is 1. The molecule has 0 unspecified atom stereocenters. The summed E-state index contributed by atoms with van der Waals surface area (Å²) < 4.78 is 2.18. The van der Waals surface area contributed by atoms with Crippen molar-refractivity contribution < 1.29 is 0 Å². The van der Waals surface area contributed by atoms with Gasteiger partial charge in [-0.05, 0) is 6.92 Å². The molecule has 0 atom stereocenters. The SMILES string of the molecule is Cc1nc2sccn2c1CN1Cc2nc(N)nc(-c3ccccc3)c2C1. The van der Waals surface area contributed by atoms with E-state index >= 15 is 0 Å². The van der Waals surface area contributed by atoms with Crippen molar-refractivity contribution in [1.82, 2.24) is 24.3 Å². The minimum absolute atomic E-state index is 0.338. The molecule has 130 valence electrons. The summed E-state index contributed by atoms with van der Waals surface area (Å²) in [5, 5.41) is 2.07. The van der Waals surface area contributed by atoms with Gasteiger partial charge in [-0.15, -0.1) is 11.3 Å². The Bertz CT molecular complexity index is 1100. The number of aryl methyl sites for hydroxylation is 1. The second-order valence-electron chi connectivity index (χ2n) is 6.57. The van der Waals surface area contributed by atoms with Crippen molar-refractivity contribution in [1.29, 1.82) is 0 Å². The van der Waals surface area contributed by atoms with Crippen molar-refractivity contribution in [3.05, 3.63) is 64.6 Å². The Morgan fingerprint density at radius 2 is 1.96 bits per heavy atom. The molecule has 4 heterocycles. The first-order chi connectivity index (χ1) is 12.7. The van der Waals surface area contributed by atoms with Crippen LogP contribution < -0.4 is 5.73 Å². The molecule has 4 aromatic rings. The van der Waals surface area contributed by atoms with Gasteiger partial charge in [0.05, 0.1) is 22.8 Å². The van der Waals surface area contributed by atoms with Crippen LogP contribution in [0, 0.1) is 6.92 Å². The van der Waals surface area contributed by atoms with Gasteiger partial charge in [0.2, 0.25) is 5.95 Å². The number of benzene rings is 1. The molecule has 1 aromatic carbocycles. The maximum atomic E-state index is 5.98. The highest BCUT2D eigenvalue weighted by atomic mass is 32.1. The quantitative estimate of drug-likeness (QED) is 0.606. The predicted octanol–water partition coefficient (Wildman–Crippen LogP) is 3.26. The lowest BCUT2D eigenvalue weighted by Gasteiger charge is -2.14. The van der Waals surface area contributed by atoms with E-state index in [-0.39, 0.29) is 0 Å². The zero-order valence-electron chi connectivity index (χ0n) is 14.4. The molecule has 0 fully saturated rings. The van der Waals surface area contributed by atoms with Gasteiger partial charge < -0.3 is 5.73 Å². The highest BCUT2D eigenvalue weighted by molar-refractivity contribution is 7.15. The molecule has 3 aromatic heterocycles. The van der Waals surface area contributed by atoms with Crippen LogP contribution in [0.15, 0.2) is 41.9 Å². The van der Waals surface area contributed by atoms with E-state index in [9.17, 15) is 0 Å². The third-order valence-corrected chi connectivity index (χ3v) is 5.60. The normalized spacial score (nSPS) is 14.2. The van der Waals surface area contributed by atoms with E-state index in [0.717, 1.165) is 47.2 Å². The Labute approximate surface area is 155 Å². The number of imidazole rings is 1. The molecule has 7 heteroatoms. The fourth-order valence-corrected chi connectivity index (χ4v) is 4.41. The molecule has 1 aliphatic rings. The van der Waals surface area contributed by atoms with Crippen LogP contribution in [0.2, 0.25) is 0 Å². The van der Waals surface area contributed by atoms with E-state index < -0.39 is 0 Å². The smallest absolute Gasteiger partial charge is 0.220 e. The number of hydrogen-bond acceptors (Lipinski definition) is 6. The summed E-state index contributed by atoms with van der Waals surface area (Å²) in [6.45, 7) is 4.50. The topological polar surface area (TPSA) is 72.3 Å². The van der Waals surface area contributed by atoms with Gasteiger partial charge in [0.15, 0.2) is 4.96 Å². The highest BCUT2D eigenvalue weighted by Gasteiger charge is 2.26. The molecule has 0 saturated carbocycles. The van der Waals surface area contributed by atoms with E-state index in [4.69, 9.17) is 5.73 Å². The molecule has 2 N–H and O–H groups in total. The van der Waals surface area contributed by atoms with Crippen LogP contribution in [0.1, 0.15) is 22.6 Å². The Morgan fingerprint density at radius 3 is 2.81 bits per heavy atom. The number of nitrogens with zero attached hydrogens (tertiary/aromatic N) is 5. The molecule has 0 amide bonds. The molecule has 0 saturated heterocycles. The average molecular weight is 362 g/mol.